The number of ether oxygens (including phenoxy) is 2. The van der Waals surface area contributed by atoms with Crippen LogP contribution in [0.25, 0.3) is 0 Å². The van der Waals surface area contributed by atoms with Crippen LogP contribution in [0.4, 0.5) is 26.3 Å². The average molecular weight is 337 g/mol. The Bertz CT molecular complexity index is 439. The highest BCUT2D eigenvalue weighted by Crippen LogP contribution is 2.41. The fourth-order valence-corrected chi connectivity index (χ4v) is 1.00. The molecule has 0 aromatic rings. The van der Waals surface area contributed by atoms with E-state index in [0.717, 1.165) is 6.92 Å². The van der Waals surface area contributed by atoms with Crippen LogP contribution in [0.3, 0.4) is 0 Å². The van der Waals surface area contributed by atoms with Crippen molar-refractivity contribution in [1.82, 2.24) is 0 Å². The van der Waals surface area contributed by atoms with Gasteiger partial charge in [0.25, 0.3) is 0 Å². The SMILES string of the molecule is C=C(C)C(=O)OC(C)COC(=O)C([O-])(C(F)(F)F)C(F)(F)F. The summed E-state index contributed by atoms with van der Waals surface area (Å²) in [6.45, 7) is 4.28. The number of esters is 2. The van der Waals surface area contributed by atoms with E-state index in [-0.39, 0.29) is 5.57 Å². The number of halogens is 6. The lowest BCUT2D eigenvalue weighted by Crippen LogP contribution is -2.71. The molecule has 128 valence electrons. The van der Waals surface area contributed by atoms with Gasteiger partial charge in [-0.2, -0.15) is 26.3 Å². The van der Waals surface area contributed by atoms with Crippen LogP contribution in [0.5, 0.6) is 0 Å². The number of hydrogen-bond acceptors (Lipinski definition) is 5. The molecule has 22 heavy (non-hydrogen) atoms. The first-order valence-electron chi connectivity index (χ1n) is 5.52. The van der Waals surface area contributed by atoms with E-state index >= 15 is 0 Å². The van der Waals surface area contributed by atoms with Crippen LogP contribution in [-0.4, -0.2) is 42.6 Å². The zero-order chi connectivity index (χ0) is 17.9. The molecule has 0 bridgehead atoms. The standard InChI is InChI=1S/C11H11F6O5/c1-5(2)7(18)22-6(3)4-21-8(19)9(20,10(12,13)14)11(15,16)17/h6H,1,4H2,2-3H3/q-1. The van der Waals surface area contributed by atoms with Gasteiger partial charge in [0.15, 0.2) is 5.60 Å². The van der Waals surface area contributed by atoms with E-state index in [1.165, 1.54) is 6.92 Å². The van der Waals surface area contributed by atoms with Gasteiger partial charge in [0.1, 0.15) is 12.7 Å². The molecule has 0 aliphatic carbocycles. The fourth-order valence-electron chi connectivity index (χ4n) is 1.00. The molecule has 0 aliphatic heterocycles. The lowest BCUT2D eigenvalue weighted by molar-refractivity contribution is -0.574. The van der Waals surface area contributed by atoms with Crippen molar-refractivity contribution in [3.05, 3.63) is 12.2 Å². The molecule has 0 saturated carbocycles. The maximum atomic E-state index is 12.3. The van der Waals surface area contributed by atoms with E-state index in [9.17, 15) is 41.0 Å². The number of hydrogen-bond donors (Lipinski definition) is 0. The Labute approximate surface area is 120 Å². The van der Waals surface area contributed by atoms with E-state index in [0.29, 0.717) is 0 Å². The molecule has 0 saturated heterocycles. The fraction of sp³-hybridized carbons (Fsp3) is 0.636. The zero-order valence-electron chi connectivity index (χ0n) is 11.3. The van der Waals surface area contributed by atoms with Crippen molar-refractivity contribution in [3.8, 4) is 0 Å². The Kier molecular flexibility index (Phi) is 6.02. The summed E-state index contributed by atoms with van der Waals surface area (Å²) in [6, 6.07) is 0. The summed E-state index contributed by atoms with van der Waals surface area (Å²) in [5.74, 6) is -4.07. The van der Waals surface area contributed by atoms with Crippen molar-refractivity contribution in [3.63, 3.8) is 0 Å². The highest BCUT2D eigenvalue weighted by atomic mass is 19.4. The minimum absolute atomic E-state index is 0.0954. The van der Waals surface area contributed by atoms with Gasteiger partial charge in [-0.15, -0.1) is 0 Å². The summed E-state index contributed by atoms with van der Waals surface area (Å²) in [7, 11) is 0. The number of carbonyl (C=O) groups is 2. The molecule has 0 radical (unpaired) electrons. The summed E-state index contributed by atoms with van der Waals surface area (Å²) in [6.07, 6.45) is -14.3. The van der Waals surface area contributed by atoms with Gasteiger partial charge in [-0.3, -0.25) is 4.79 Å². The lowest BCUT2D eigenvalue weighted by Gasteiger charge is -2.40. The predicted molar refractivity (Wildman–Crippen MR) is 56.2 cm³/mol. The molecule has 1 unspecified atom stereocenters. The topological polar surface area (TPSA) is 75.7 Å². The van der Waals surface area contributed by atoms with Gasteiger partial charge < -0.3 is 14.6 Å². The van der Waals surface area contributed by atoms with Crippen LogP contribution in [0, 0.1) is 0 Å². The Balaban J connectivity index is 4.96. The van der Waals surface area contributed by atoms with Crippen LogP contribution in [-0.2, 0) is 19.1 Å². The van der Waals surface area contributed by atoms with Gasteiger partial charge in [-0.25, -0.2) is 4.79 Å². The first-order valence-corrected chi connectivity index (χ1v) is 5.52. The second kappa shape index (κ2) is 6.55. The molecule has 0 fully saturated rings. The minimum atomic E-state index is -6.44. The molecule has 0 aromatic heterocycles. The summed E-state index contributed by atoms with van der Waals surface area (Å²) < 4.78 is 81.7. The molecule has 11 heteroatoms. The third-order valence-electron chi connectivity index (χ3n) is 2.19. The Morgan fingerprint density at radius 1 is 1.14 bits per heavy atom. The minimum Gasteiger partial charge on any atom is -0.828 e. The van der Waals surface area contributed by atoms with Crippen molar-refractivity contribution in [2.24, 2.45) is 0 Å². The van der Waals surface area contributed by atoms with Crippen LogP contribution in [0.2, 0.25) is 0 Å². The Morgan fingerprint density at radius 3 is 1.86 bits per heavy atom. The first kappa shape index (κ1) is 20.2. The molecule has 0 aliphatic rings. The normalized spacial score (nSPS) is 14.2. The monoisotopic (exact) mass is 337 g/mol. The van der Waals surface area contributed by atoms with E-state index in [2.05, 4.69) is 16.1 Å². The predicted octanol–water partition coefficient (Wildman–Crippen LogP) is 1.26. The van der Waals surface area contributed by atoms with E-state index in [1.54, 1.807) is 0 Å². The van der Waals surface area contributed by atoms with Gasteiger partial charge in [-0.05, 0) is 13.8 Å². The van der Waals surface area contributed by atoms with Crippen LogP contribution in [0.15, 0.2) is 12.2 Å². The highest BCUT2D eigenvalue weighted by Gasteiger charge is 2.68. The smallest absolute Gasteiger partial charge is 0.399 e. The van der Waals surface area contributed by atoms with Gasteiger partial charge >= 0.3 is 24.3 Å². The number of carbonyl (C=O) groups excluding carboxylic acids is 2. The molecular weight excluding hydrogens is 326 g/mol. The summed E-state index contributed by atoms with van der Waals surface area (Å²) in [5.41, 5.74) is -6.01. The van der Waals surface area contributed by atoms with Gasteiger partial charge in [-0.1, -0.05) is 6.58 Å². The van der Waals surface area contributed by atoms with Crippen molar-refractivity contribution >= 4 is 11.9 Å². The first-order chi connectivity index (χ1) is 9.64. The molecule has 0 spiro atoms. The summed E-state index contributed by atoms with van der Waals surface area (Å²) in [5, 5.41) is 10.9. The second-order valence-electron chi connectivity index (χ2n) is 4.27. The van der Waals surface area contributed by atoms with Crippen molar-refractivity contribution < 1.29 is 50.5 Å². The molecule has 0 aromatic carbocycles. The van der Waals surface area contributed by atoms with E-state index < -0.39 is 42.6 Å². The van der Waals surface area contributed by atoms with Crippen molar-refractivity contribution in [2.45, 2.75) is 37.9 Å². The van der Waals surface area contributed by atoms with Crippen LogP contribution >= 0.6 is 0 Å². The van der Waals surface area contributed by atoms with Gasteiger partial charge in [0.05, 0.1) is 0 Å². The largest absolute Gasteiger partial charge is 0.828 e. The van der Waals surface area contributed by atoms with Crippen LogP contribution < -0.4 is 5.11 Å². The Morgan fingerprint density at radius 2 is 1.55 bits per heavy atom. The zero-order valence-corrected chi connectivity index (χ0v) is 11.3. The maximum absolute atomic E-state index is 12.3. The Hall–Kier alpha value is -1.78. The third-order valence-corrected chi connectivity index (χ3v) is 2.19. The molecule has 0 N–H and O–H groups in total. The van der Waals surface area contributed by atoms with Gasteiger partial charge in [0, 0.05) is 5.57 Å². The highest BCUT2D eigenvalue weighted by molar-refractivity contribution is 5.87. The molecule has 0 heterocycles. The van der Waals surface area contributed by atoms with Gasteiger partial charge in [0.2, 0.25) is 0 Å². The second-order valence-corrected chi connectivity index (χ2v) is 4.27. The summed E-state index contributed by atoms with van der Waals surface area (Å²) >= 11 is 0. The molecule has 1 atom stereocenters. The molecule has 0 rings (SSSR count). The molecule has 5 nitrogen and oxygen atoms in total. The maximum Gasteiger partial charge on any atom is 0.399 e. The van der Waals surface area contributed by atoms with E-state index in [1.807, 2.05) is 0 Å². The lowest BCUT2D eigenvalue weighted by atomic mass is 10.0. The number of rotatable bonds is 5. The van der Waals surface area contributed by atoms with Crippen molar-refractivity contribution in [2.75, 3.05) is 6.61 Å². The average Bonchev–Trinajstić information content (AvgIpc) is 2.31. The van der Waals surface area contributed by atoms with E-state index in [4.69, 9.17) is 0 Å². The molecule has 0 amide bonds. The quantitative estimate of drug-likeness (QED) is 0.429. The number of alkyl halides is 6. The molecular formula is C11H11F6O5-. The summed E-state index contributed by atoms with van der Waals surface area (Å²) in [4.78, 5) is 22.0. The third kappa shape index (κ3) is 4.36. The van der Waals surface area contributed by atoms with Crippen molar-refractivity contribution in [1.29, 1.82) is 0 Å². The van der Waals surface area contributed by atoms with Crippen LogP contribution in [0.1, 0.15) is 13.8 Å².